The maximum absolute atomic E-state index is 5.62. The van der Waals surface area contributed by atoms with Crippen LogP contribution in [0.2, 0.25) is 0 Å². The Bertz CT molecular complexity index is 1210. The van der Waals surface area contributed by atoms with Crippen LogP contribution in [0, 0.1) is 0 Å². The summed E-state index contributed by atoms with van der Waals surface area (Å²) in [4.78, 5) is 6.93. The van der Waals surface area contributed by atoms with Crippen LogP contribution in [0.3, 0.4) is 0 Å². The smallest absolute Gasteiger partial charge is 0.231 e. The van der Waals surface area contributed by atoms with E-state index in [1.165, 1.54) is 0 Å². The molecule has 0 amide bonds. The van der Waals surface area contributed by atoms with Crippen LogP contribution < -0.4 is 9.47 Å². The van der Waals surface area contributed by atoms with Crippen molar-refractivity contribution in [2.24, 2.45) is 7.05 Å². The Hall–Kier alpha value is -3.58. The molecule has 0 saturated heterocycles. The summed E-state index contributed by atoms with van der Waals surface area (Å²) in [5.74, 6) is 2.58. The van der Waals surface area contributed by atoms with Crippen LogP contribution in [0.15, 0.2) is 67.1 Å². The number of nitrogens with zero attached hydrogens (tertiary/aromatic N) is 5. The van der Waals surface area contributed by atoms with Gasteiger partial charge in [-0.3, -0.25) is 4.90 Å². The third-order valence-corrected chi connectivity index (χ3v) is 5.83. The molecule has 0 spiro atoms. The van der Waals surface area contributed by atoms with Gasteiger partial charge in [-0.2, -0.15) is 5.10 Å². The lowest BCUT2D eigenvalue weighted by Crippen LogP contribution is -2.31. The molecule has 5 rings (SSSR count). The lowest BCUT2D eigenvalue weighted by Gasteiger charge is -2.26. The molecule has 4 aromatic rings. The van der Waals surface area contributed by atoms with Gasteiger partial charge in [0.25, 0.3) is 0 Å². The number of aryl methyl sites for hydroxylation is 1. The number of aromatic nitrogens is 4. The summed E-state index contributed by atoms with van der Waals surface area (Å²) in [6.45, 7) is 6.20. The first-order chi connectivity index (χ1) is 15.6. The van der Waals surface area contributed by atoms with Crippen LogP contribution in [-0.4, -0.2) is 37.1 Å². The Balaban J connectivity index is 1.53. The molecule has 164 valence electrons. The average molecular weight is 430 g/mol. The van der Waals surface area contributed by atoms with Gasteiger partial charge in [0.2, 0.25) is 6.79 Å². The molecule has 1 aliphatic rings. The molecule has 0 bridgehead atoms. The molecule has 2 aromatic heterocycles. The van der Waals surface area contributed by atoms with Crippen LogP contribution in [0.4, 0.5) is 0 Å². The maximum Gasteiger partial charge on any atom is 0.231 e. The second-order valence-electron chi connectivity index (χ2n) is 8.30. The van der Waals surface area contributed by atoms with Gasteiger partial charge < -0.3 is 14.0 Å². The Morgan fingerprint density at radius 2 is 1.84 bits per heavy atom. The second-order valence-corrected chi connectivity index (χ2v) is 8.30. The van der Waals surface area contributed by atoms with Gasteiger partial charge in [-0.05, 0) is 44.2 Å². The number of rotatable bonds is 7. The van der Waals surface area contributed by atoms with Gasteiger partial charge in [-0.1, -0.05) is 18.2 Å². The molecule has 32 heavy (non-hydrogen) atoms. The van der Waals surface area contributed by atoms with Crippen molar-refractivity contribution in [1.82, 2.24) is 24.2 Å². The first kappa shape index (κ1) is 20.3. The van der Waals surface area contributed by atoms with Crippen molar-refractivity contribution >= 4 is 0 Å². The van der Waals surface area contributed by atoms with E-state index in [0.717, 1.165) is 52.9 Å². The van der Waals surface area contributed by atoms with Crippen molar-refractivity contribution in [3.8, 4) is 28.4 Å². The zero-order valence-electron chi connectivity index (χ0n) is 18.6. The monoisotopic (exact) mass is 429 g/mol. The summed E-state index contributed by atoms with van der Waals surface area (Å²) in [6, 6.07) is 16.6. The summed E-state index contributed by atoms with van der Waals surface area (Å²) in [6.07, 6.45) is 5.96. The zero-order valence-corrected chi connectivity index (χ0v) is 18.6. The van der Waals surface area contributed by atoms with Crippen molar-refractivity contribution in [2.45, 2.75) is 33.0 Å². The third kappa shape index (κ3) is 3.99. The van der Waals surface area contributed by atoms with Gasteiger partial charge in [0, 0.05) is 49.4 Å². The van der Waals surface area contributed by atoms with E-state index in [1.54, 1.807) is 0 Å². The van der Waals surface area contributed by atoms with E-state index in [0.29, 0.717) is 6.04 Å². The van der Waals surface area contributed by atoms with E-state index in [1.807, 2.05) is 60.5 Å². The van der Waals surface area contributed by atoms with Crippen LogP contribution in [-0.2, 0) is 20.1 Å². The van der Waals surface area contributed by atoms with E-state index >= 15 is 0 Å². The minimum Gasteiger partial charge on any atom is -0.454 e. The van der Waals surface area contributed by atoms with Crippen LogP contribution in [0.1, 0.15) is 25.2 Å². The van der Waals surface area contributed by atoms with E-state index in [2.05, 4.69) is 46.6 Å². The van der Waals surface area contributed by atoms with Crippen LogP contribution >= 0.6 is 0 Å². The Labute approximate surface area is 187 Å². The molecule has 7 heteroatoms. The predicted octanol–water partition coefficient (Wildman–Crippen LogP) is 4.41. The summed E-state index contributed by atoms with van der Waals surface area (Å²) < 4.78 is 15.1. The molecule has 0 unspecified atom stereocenters. The molecule has 0 aliphatic carbocycles. The topological polar surface area (TPSA) is 57.3 Å². The number of fused-ring (bicyclic) bond motifs is 1. The molecule has 3 heterocycles. The highest BCUT2D eigenvalue weighted by Crippen LogP contribution is 2.37. The lowest BCUT2D eigenvalue weighted by molar-refractivity contribution is 0.174. The fourth-order valence-corrected chi connectivity index (χ4v) is 3.90. The van der Waals surface area contributed by atoms with Crippen molar-refractivity contribution in [3.63, 3.8) is 0 Å². The summed E-state index contributed by atoms with van der Waals surface area (Å²) in [5, 5.41) is 4.98. The van der Waals surface area contributed by atoms with Crippen molar-refractivity contribution < 1.29 is 9.47 Å². The predicted molar refractivity (Wildman–Crippen MR) is 123 cm³/mol. The lowest BCUT2D eigenvalue weighted by atomic mass is 10.1. The van der Waals surface area contributed by atoms with E-state index in [-0.39, 0.29) is 6.79 Å². The highest BCUT2D eigenvalue weighted by molar-refractivity contribution is 5.67. The normalized spacial score (nSPS) is 12.8. The van der Waals surface area contributed by atoms with E-state index in [9.17, 15) is 0 Å². The van der Waals surface area contributed by atoms with Gasteiger partial charge in [0.05, 0.1) is 17.9 Å². The van der Waals surface area contributed by atoms with Gasteiger partial charge >= 0.3 is 0 Å². The Kier molecular flexibility index (Phi) is 5.41. The fraction of sp³-hybridized carbons (Fsp3) is 0.280. The zero-order chi connectivity index (χ0) is 22.1. The maximum atomic E-state index is 5.62. The Morgan fingerprint density at radius 3 is 2.59 bits per heavy atom. The third-order valence-electron chi connectivity index (χ3n) is 5.83. The average Bonchev–Trinajstić information content (AvgIpc) is 3.53. The fourth-order valence-electron chi connectivity index (χ4n) is 3.90. The molecular formula is C25H27N5O2. The van der Waals surface area contributed by atoms with Gasteiger partial charge in [-0.25, -0.2) is 9.67 Å². The minimum atomic E-state index is 0.259. The number of benzene rings is 2. The first-order valence-electron chi connectivity index (χ1n) is 10.8. The second kappa shape index (κ2) is 8.51. The standard InChI is InChI=1S/C25H27N5O2/c1-18(2)29(16-24-26-11-12-28(24)3)14-20-15-30(21-7-5-4-6-8-21)27-25(20)19-9-10-22-23(13-19)32-17-31-22/h4-13,15,18H,14,16-17H2,1-3H3. The number of hydrogen-bond acceptors (Lipinski definition) is 5. The summed E-state index contributed by atoms with van der Waals surface area (Å²) in [7, 11) is 2.03. The molecule has 0 N–H and O–H groups in total. The molecule has 0 atom stereocenters. The van der Waals surface area contributed by atoms with Crippen LogP contribution in [0.25, 0.3) is 16.9 Å². The number of ether oxygens (including phenoxy) is 2. The Morgan fingerprint density at radius 1 is 1.03 bits per heavy atom. The quantitative estimate of drug-likeness (QED) is 0.436. The SMILES string of the molecule is CC(C)N(Cc1cn(-c2ccccc2)nc1-c1ccc2c(c1)OCO2)Cc1nccn1C. The van der Waals surface area contributed by atoms with Crippen LogP contribution in [0.5, 0.6) is 11.5 Å². The van der Waals surface area contributed by atoms with Crippen molar-refractivity contribution in [1.29, 1.82) is 0 Å². The van der Waals surface area contributed by atoms with Gasteiger partial charge in [-0.15, -0.1) is 0 Å². The molecular weight excluding hydrogens is 402 g/mol. The molecule has 7 nitrogen and oxygen atoms in total. The largest absolute Gasteiger partial charge is 0.454 e. The molecule has 0 fully saturated rings. The molecule has 2 aromatic carbocycles. The highest BCUT2D eigenvalue weighted by atomic mass is 16.7. The summed E-state index contributed by atoms with van der Waals surface area (Å²) >= 11 is 0. The number of imidazole rings is 1. The molecule has 0 saturated carbocycles. The molecule has 0 radical (unpaired) electrons. The summed E-state index contributed by atoms with van der Waals surface area (Å²) in [5.41, 5.74) is 4.13. The number of para-hydroxylation sites is 1. The number of hydrogen-bond donors (Lipinski definition) is 0. The van der Waals surface area contributed by atoms with E-state index in [4.69, 9.17) is 14.6 Å². The van der Waals surface area contributed by atoms with Crippen molar-refractivity contribution in [2.75, 3.05) is 6.79 Å². The van der Waals surface area contributed by atoms with Gasteiger partial charge in [0.1, 0.15) is 5.82 Å². The van der Waals surface area contributed by atoms with Gasteiger partial charge in [0.15, 0.2) is 11.5 Å². The first-order valence-corrected chi connectivity index (χ1v) is 10.8. The highest BCUT2D eigenvalue weighted by Gasteiger charge is 2.21. The molecule has 1 aliphatic heterocycles. The van der Waals surface area contributed by atoms with Crippen molar-refractivity contribution in [3.05, 3.63) is 78.5 Å². The van der Waals surface area contributed by atoms with E-state index < -0.39 is 0 Å². The minimum absolute atomic E-state index is 0.259.